The Balaban J connectivity index is 1.70. The fourth-order valence-corrected chi connectivity index (χ4v) is 3.33. The van der Waals surface area contributed by atoms with Crippen LogP contribution in [0.15, 0.2) is 42.5 Å². The highest BCUT2D eigenvalue weighted by molar-refractivity contribution is 5.99. The van der Waals surface area contributed by atoms with Crippen LogP contribution in [0.3, 0.4) is 0 Å². The maximum absolute atomic E-state index is 13.8. The van der Waals surface area contributed by atoms with Crippen LogP contribution < -0.4 is 0 Å². The number of nitro benzene ring substituents is 1. The molecule has 1 saturated heterocycles. The fourth-order valence-electron chi connectivity index (χ4n) is 3.33. The number of benzene rings is 2. The Labute approximate surface area is 173 Å². The number of piperazine rings is 1. The molecule has 0 unspecified atom stereocenters. The monoisotopic (exact) mass is 415 g/mol. The van der Waals surface area contributed by atoms with Crippen molar-refractivity contribution >= 4 is 17.6 Å². The second kappa shape index (κ2) is 9.45. The molecule has 0 aliphatic carbocycles. The Morgan fingerprint density at radius 3 is 2.40 bits per heavy atom. The number of hydrogen-bond donors (Lipinski definition) is 0. The number of carbonyl (C=O) groups is 2. The van der Waals surface area contributed by atoms with Gasteiger partial charge in [-0.15, -0.1) is 0 Å². The highest BCUT2D eigenvalue weighted by Gasteiger charge is 2.25. The van der Waals surface area contributed by atoms with Crippen LogP contribution in [0, 0.1) is 15.9 Å². The summed E-state index contributed by atoms with van der Waals surface area (Å²) in [4.78, 5) is 39.1. The van der Waals surface area contributed by atoms with E-state index in [4.69, 9.17) is 4.74 Å². The van der Waals surface area contributed by atoms with Crippen molar-refractivity contribution < 1.29 is 23.6 Å². The Morgan fingerprint density at radius 2 is 1.77 bits per heavy atom. The number of esters is 1. The van der Waals surface area contributed by atoms with E-state index >= 15 is 0 Å². The molecule has 9 heteroatoms. The number of ether oxygens (including phenoxy) is 1. The Morgan fingerprint density at radius 1 is 1.10 bits per heavy atom. The Hall–Kier alpha value is -3.33. The maximum atomic E-state index is 13.8. The lowest BCUT2D eigenvalue weighted by Crippen LogP contribution is -2.48. The summed E-state index contributed by atoms with van der Waals surface area (Å²) < 4.78 is 18.7. The standard InChI is InChI=1S/C21H22FN3O5/c1-2-30-21(27)17-11-16(12-18(13-17)25(28)29)20(26)24-9-7-23(8-10-24)14-15-5-3-4-6-19(15)22/h3-6,11-13H,2,7-10,14H2,1H3. The smallest absolute Gasteiger partial charge is 0.338 e. The van der Waals surface area contributed by atoms with Gasteiger partial charge in [0, 0.05) is 56.0 Å². The number of carbonyl (C=O) groups excluding carboxylic acids is 2. The Kier molecular flexibility index (Phi) is 6.73. The van der Waals surface area contributed by atoms with E-state index in [1.165, 1.54) is 12.1 Å². The fraction of sp³-hybridized carbons (Fsp3) is 0.333. The van der Waals surface area contributed by atoms with Crippen molar-refractivity contribution in [3.05, 3.63) is 75.1 Å². The molecule has 1 aliphatic rings. The first-order valence-electron chi connectivity index (χ1n) is 9.60. The van der Waals surface area contributed by atoms with Crippen LogP contribution in [-0.4, -0.2) is 59.4 Å². The van der Waals surface area contributed by atoms with E-state index < -0.39 is 16.8 Å². The van der Waals surface area contributed by atoms with Gasteiger partial charge in [0.05, 0.1) is 17.1 Å². The minimum absolute atomic E-state index is 0.0346. The second-order valence-corrected chi connectivity index (χ2v) is 6.91. The first-order valence-corrected chi connectivity index (χ1v) is 9.60. The average Bonchev–Trinajstić information content (AvgIpc) is 2.75. The average molecular weight is 415 g/mol. The molecule has 2 aromatic carbocycles. The molecule has 0 N–H and O–H groups in total. The summed E-state index contributed by atoms with van der Waals surface area (Å²) in [5, 5.41) is 11.2. The number of nitro groups is 1. The zero-order valence-corrected chi connectivity index (χ0v) is 16.5. The molecular formula is C21H22FN3O5. The minimum Gasteiger partial charge on any atom is -0.462 e. The van der Waals surface area contributed by atoms with Crippen molar-refractivity contribution in [2.45, 2.75) is 13.5 Å². The van der Waals surface area contributed by atoms with Gasteiger partial charge in [-0.05, 0) is 19.1 Å². The molecule has 8 nitrogen and oxygen atoms in total. The minimum atomic E-state index is -0.718. The summed E-state index contributed by atoms with van der Waals surface area (Å²) in [5.74, 6) is -1.38. The summed E-state index contributed by atoms with van der Waals surface area (Å²) in [7, 11) is 0. The molecule has 30 heavy (non-hydrogen) atoms. The zero-order valence-electron chi connectivity index (χ0n) is 16.5. The van der Waals surface area contributed by atoms with Crippen LogP contribution >= 0.6 is 0 Å². The number of rotatable bonds is 6. The van der Waals surface area contributed by atoms with Gasteiger partial charge in [-0.3, -0.25) is 19.8 Å². The summed E-state index contributed by atoms with van der Waals surface area (Å²) in [6, 6.07) is 10.1. The number of hydrogen-bond acceptors (Lipinski definition) is 6. The van der Waals surface area contributed by atoms with Crippen LogP contribution in [0.5, 0.6) is 0 Å². The number of halogens is 1. The van der Waals surface area contributed by atoms with Crippen molar-refractivity contribution in [1.29, 1.82) is 0 Å². The molecule has 1 heterocycles. The van der Waals surface area contributed by atoms with Gasteiger partial charge in [-0.2, -0.15) is 0 Å². The molecule has 1 amide bonds. The first kappa shape index (κ1) is 21.4. The third-order valence-corrected chi connectivity index (χ3v) is 4.90. The van der Waals surface area contributed by atoms with Crippen LogP contribution in [0.4, 0.5) is 10.1 Å². The molecule has 1 fully saturated rings. The van der Waals surface area contributed by atoms with Gasteiger partial charge < -0.3 is 9.64 Å². The van der Waals surface area contributed by atoms with Crippen molar-refractivity contribution in [2.24, 2.45) is 0 Å². The molecule has 2 aromatic rings. The van der Waals surface area contributed by atoms with Crippen LogP contribution in [0.25, 0.3) is 0 Å². The SMILES string of the molecule is CCOC(=O)c1cc(C(=O)N2CCN(Cc3ccccc3F)CC2)cc([N+](=O)[O-])c1. The second-order valence-electron chi connectivity index (χ2n) is 6.91. The van der Waals surface area contributed by atoms with E-state index in [1.54, 1.807) is 30.0 Å². The van der Waals surface area contributed by atoms with E-state index in [2.05, 4.69) is 0 Å². The summed E-state index contributed by atoms with van der Waals surface area (Å²) in [6.45, 7) is 4.06. The predicted octanol–water partition coefficient (Wildman–Crippen LogP) is 2.87. The van der Waals surface area contributed by atoms with Crippen molar-refractivity contribution in [3.8, 4) is 0 Å². The molecule has 1 aliphatic heterocycles. The molecule has 158 valence electrons. The lowest BCUT2D eigenvalue weighted by molar-refractivity contribution is -0.384. The summed E-state index contributed by atoms with van der Waals surface area (Å²) in [5.41, 5.74) is 0.277. The highest BCUT2D eigenvalue weighted by Crippen LogP contribution is 2.21. The molecule has 0 bridgehead atoms. The lowest BCUT2D eigenvalue weighted by atomic mass is 10.1. The maximum Gasteiger partial charge on any atom is 0.338 e. The van der Waals surface area contributed by atoms with E-state index in [0.29, 0.717) is 38.3 Å². The Bertz CT molecular complexity index is 957. The van der Waals surface area contributed by atoms with Gasteiger partial charge >= 0.3 is 5.97 Å². The number of nitrogens with zero attached hydrogens (tertiary/aromatic N) is 3. The normalized spacial score (nSPS) is 14.4. The van der Waals surface area contributed by atoms with E-state index in [-0.39, 0.29) is 29.2 Å². The summed E-state index contributed by atoms with van der Waals surface area (Å²) in [6.07, 6.45) is 0. The van der Waals surface area contributed by atoms with Gasteiger partial charge in [0.15, 0.2) is 0 Å². The van der Waals surface area contributed by atoms with Crippen molar-refractivity contribution in [2.75, 3.05) is 32.8 Å². The van der Waals surface area contributed by atoms with Crippen molar-refractivity contribution in [3.63, 3.8) is 0 Å². The molecule has 0 spiro atoms. The van der Waals surface area contributed by atoms with E-state index in [1.807, 2.05) is 4.90 Å². The zero-order chi connectivity index (χ0) is 21.7. The van der Waals surface area contributed by atoms with E-state index in [9.17, 15) is 24.1 Å². The molecule has 0 saturated carbocycles. The van der Waals surface area contributed by atoms with Crippen LogP contribution in [0.1, 0.15) is 33.2 Å². The van der Waals surface area contributed by atoms with Crippen LogP contribution in [0.2, 0.25) is 0 Å². The lowest BCUT2D eigenvalue weighted by Gasteiger charge is -2.34. The molecule has 0 aromatic heterocycles. The molecular weight excluding hydrogens is 393 g/mol. The quantitative estimate of drug-likeness (QED) is 0.409. The van der Waals surface area contributed by atoms with Gasteiger partial charge in [-0.25, -0.2) is 9.18 Å². The third kappa shape index (κ3) is 4.98. The first-order chi connectivity index (χ1) is 14.4. The predicted molar refractivity (Wildman–Crippen MR) is 107 cm³/mol. The largest absolute Gasteiger partial charge is 0.462 e. The summed E-state index contributed by atoms with van der Waals surface area (Å²) >= 11 is 0. The van der Waals surface area contributed by atoms with Gasteiger partial charge in [0.2, 0.25) is 0 Å². The molecule has 0 atom stereocenters. The van der Waals surface area contributed by atoms with Crippen LogP contribution in [-0.2, 0) is 11.3 Å². The molecule has 0 radical (unpaired) electrons. The van der Waals surface area contributed by atoms with Gasteiger partial charge in [-0.1, -0.05) is 18.2 Å². The third-order valence-electron chi connectivity index (χ3n) is 4.90. The number of amides is 1. The van der Waals surface area contributed by atoms with Gasteiger partial charge in [0.1, 0.15) is 5.82 Å². The topological polar surface area (TPSA) is 93.0 Å². The highest BCUT2D eigenvalue weighted by atomic mass is 19.1. The molecule has 3 rings (SSSR count). The number of non-ortho nitro benzene ring substituents is 1. The van der Waals surface area contributed by atoms with Gasteiger partial charge in [0.25, 0.3) is 11.6 Å². The van der Waals surface area contributed by atoms with Crippen molar-refractivity contribution in [1.82, 2.24) is 9.80 Å². The van der Waals surface area contributed by atoms with E-state index in [0.717, 1.165) is 12.1 Å².